The Hall–Kier alpha value is -2.03. The molecule has 0 unspecified atom stereocenters. The van der Waals surface area contributed by atoms with Gasteiger partial charge < -0.3 is 10.1 Å². The molecule has 0 saturated heterocycles. The molecule has 0 fully saturated rings. The molecule has 0 bridgehead atoms. The van der Waals surface area contributed by atoms with E-state index in [1.165, 1.54) is 0 Å². The average Bonchev–Trinajstić information content (AvgIpc) is 2.38. The Balaban J connectivity index is 2.32. The minimum Gasteiger partial charge on any atom is -0.489 e. The van der Waals surface area contributed by atoms with Crippen molar-refractivity contribution in [1.82, 2.24) is 4.98 Å². The Morgan fingerprint density at radius 3 is 2.67 bits per heavy atom. The zero-order valence-electron chi connectivity index (χ0n) is 11.0. The summed E-state index contributed by atoms with van der Waals surface area (Å²) in [7, 11) is 1.91. The first-order valence-electron chi connectivity index (χ1n) is 6.09. The highest BCUT2D eigenvalue weighted by Crippen LogP contribution is 2.25. The van der Waals surface area contributed by atoms with Gasteiger partial charge in [-0.15, -0.1) is 0 Å². The van der Waals surface area contributed by atoms with E-state index in [1.807, 2.05) is 45.3 Å². The van der Waals surface area contributed by atoms with Crippen molar-refractivity contribution in [3.8, 4) is 16.9 Å². The number of benzene rings is 1. The van der Waals surface area contributed by atoms with E-state index in [0.717, 1.165) is 22.6 Å². The van der Waals surface area contributed by atoms with Crippen LogP contribution in [0, 0.1) is 0 Å². The van der Waals surface area contributed by atoms with Gasteiger partial charge in [-0.2, -0.15) is 0 Å². The summed E-state index contributed by atoms with van der Waals surface area (Å²) in [5.74, 6) is 0.803. The molecule has 0 aliphatic heterocycles. The van der Waals surface area contributed by atoms with Gasteiger partial charge in [0.1, 0.15) is 5.75 Å². The molecule has 2 aromatic rings. The summed E-state index contributed by atoms with van der Waals surface area (Å²) in [6.07, 6.45) is 3.75. The van der Waals surface area contributed by atoms with Crippen molar-refractivity contribution in [3.63, 3.8) is 0 Å². The number of nitrogens with one attached hydrogen (secondary N) is 1. The fourth-order valence-electron chi connectivity index (χ4n) is 1.77. The second-order valence-corrected chi connectivity index (χ2v) is 4.41. The number of hydrogen-bond acceptors (Lipinski definition) is 3. The first-order valence-corrected chi connectivity index (χ1v) is 6.09. The number of pyridine rings is 1. The molecular weight excluding hydrogens is 224 g/mol. The highest BCUT2D eigenvalue weighted by atomic mass is 16.5. The average molecular weight is 242 g/mol. The van der Waals surface area contributed by atoms with Crippen molar-refractivity contribution >= 4 is 5.69 Å². The van der Waals surface area contributed by atoms with Crippen molar-refractivity contribution < 1.29 is 4.74 Å². The smallest absolute Gasteiger partial charge is 0.138 e. The van der Waals surface area contributed by atoms with E-state index in [2.05, 4.69) is 22.4 Å². The quantitative estimate of drug-likeness (QED) is 0.889. The van der Waals surface area contributed by atoms with Gasteiger partial charge >= 0.3 is 0 Å². The van der Waals surface area contributed by atoms with Crippen molar-refractivity contribution in [1.29, 1.82) is 0 Å². The maximum Gasteiger partial charge on any atom is 0.138 e. The van der Waals surface area contributed by atoms with Crippen LogP contribution in [0.15, 0.2) is 42.7 Å². The van der Waals surface area contributed by atoms with Gasteiger partial charge in [0.15, 0.2) is 0 Å². The largest absolute Gasteiger partial charge is 0.489 e. The van der Waals surface area contributed by atoms with Crippen molar-refractivity contribution in [3.05, 3.63) is 42.7 Å². The molecule has 94 valence electrons. The Bertz CT molecular complexity index is 523. The second-order valence-electron chi connectivity index (χ2n) is 4.41. The fraction of sp³-hybridized carbons (Fsp3) is 0.267. The van der Waals surface area contributed by atoms with Crippen molar-refractivity contribution in [2.24, 2.45) is 0 Å². The van der Waals surface area contributed by atoms with Gasteiger partial charge in [-0.25, -0.2) is 0 Å². The van der Waals surface area contributed by atoms with Crippen LogP contribution in [0.1, 0.15) is 13.8 Å². The Morgan fingerprint density at radius 2 is 1.94 bits per heavy atom. The molecule has 0 aliphatic rings. The molecule has 1 heterocycles. The zero-order valence-corrected chi connectivity index (χ0v) is 11.0. The second kappa shape index (κ2) is 5.54. The van der Waals surface area contributed by atoms with Crippen molar-refractivity contribution in [2.75, 3.05) is 12.4 Å². The summed E-state index contributed by atoms with van der Waals surface area (Å²) < 4.78 is 5.65. The first kappa shape index (κ1) is 12.4. The van der Waals surface area contributed by atoms with Crippen LogP contribution < -0.4 is 10.1 Å². The van der Waals surface area contributed by atoms with Crippen LogP contribution in [0.5, 0.6) is 5.75 Å². The third-order valence-electron chi connectivity index (χ3n) is 2.57. The summed E-state index contributed by atoms with van der Waals surface area (Å²) in [5, 5.41) is 3.13. The lowest BCUT2D eigenvalue weighted by molar-refractivity contribution is 0.241. The summed E-state index contributed by atoms with van der Waals surface area (Å²) >= 11 is 0. The minimum absolute atomic E-state index is 0.158. The van der Waals surface area contributed by atoms with Gasteiger partial charge in [0.2, 0.25) is 0 Å². The van der Waals surface area contributed by atoms with E-state index in [1.54, 1.807) is 6.20 Å². The van der Waals surface area contributed by atoms with Crippen LogP contribution in [0.2, 0.25) is 0 Å². The highest BCUT2D eigenvalue weighted by molar-refractivity contribution is 5.68. The minimum atomic E-state index is 0.158. The molecule has 3 heteroatoms. The highest BCUT2D eigenvalue weighted by Gasteiger charge is 2.03. The van der Waals surface area contributed by atoms with Crippen LogP contribution in [0.25, 0.3) is 11.1 Å². The number of nitrogens with zero attached hydrogens (tertiary/aromatic N) is 1. The van der Waals surface area contributed by atoms with Gasteiger partial charge in [0, 0.05) is 24.5 Å². The van der Waals surface area contributed by atoms with E-state index >= 15 is 0 Å². The Morgan fingerprint density at radius 1 is 1.11 bits per heavy atom. The molecule has 3 nitrogen and oxygen atoms in total. The predicted octanol–water partition coefficient (Wildman–Crippen LogP) is 3.58. The third-order valence-corrected chi connectivity index (χ3v) is 2.57. The van der Waals surface area contributed by atoms with Gasteiger partial charge in [-0.1, -0.05) is 12.1 Å². The summed E-state index contributed by atoms with van der Waals surface area (Å²) in [4.78, 5) is 4.22. The molecular formula is C15H18N2O. The maximum atomic E-state index is 5.65. The SMILES string of the molecule is CNc1cccc(-c2cncc(OC(C)C)c2)c1. The van der Waals surface area contributed by atoms with E-state index in [4.69, 9.17) is 4.74 Å². The molecule has 2 rings (SSSR count). The standard InChI is InChI=1S/C15H18N2O/c1-11(2)18-15-8-13(9-17-10-15)12-5-4-6-14(7-12)16-3/h4-11,16H,1-3H3. The Labute approximate surface area is 108 Å². The van der Waals surface area contributed by atoms with Crippen LogP contribution >= 0.6 is 0 Å². The van der Waals surface area contributed by atoms with E-state index in [9.17, 15) is 0 Å². The molecule has 18 heavy (non-hydrogen) atoms. The van der Waals surface area contributed by atoms with Gasteiger partial charge in [-0.05, 0) is 37.6 Å². The number of anilines is 1. The van der Waals surface area contributed by atoms with E-state index < -0.39 is 0 Å². The molecule has 0 radical (unpaired) electrons. The Kier molecular flexibility index (Phi) is 3.82. The van der Waals surface area contributed by atoms with E-state index in [-0.39, 0.29) is 6.10 Å². The van der Waals surface area contributed by atoms with E-state index in [0.29, 0.717) is 0 Å². The normalized spacial score (nSPS) is 10.4. The molecule has 1 aromatic carbocycles. The van der Waals surface area contributed by atoms with Crippen LogP contribution in [0.3, 0.4) is 0 Å². The predicted molar refractivity (Wildman–Crippen MR) is 75.0 cm³/mol. The van der Waals surface area contributed by atoms with Gasteiger partial charge in [0.05, 0.1) is 12.3 Å². The lowest BCUT2D eigenvalue weighted by atomic mass is 10.1. The number of aromatic nitrogens is 1. The lowest BCUT2D eigenvalue weighted by Gasteiger charge is -2.11. The summed E-state index contributed by atoms with van der Waals surface area (Å²) in [6, 6.07) is 10.2. The van der Waals surface area contributed by atoms with Crippen LogP contribution in [-0.4, -0.2) is 18.1 Å². The molecule has 0 amide bonds. The molecule has 1 N–H and O–H groups in total. The molecule has 0 spiro atoms. The summed E-state index contributed by atoms with van der Waals surface area (Å²) in [5.41, 5.74) is 3.27. The monoisotopic (exact) mass is 242 g/mol. The van der Waals surface area contributed by atoms with Gasteiger partial charge in [0.25, 0.3) is 0 Å². The number of hydrogen-bond donors (Lipinski definition) is 1. The molecule has 0 atom stereocenters. The molecule has 0 saturated carbocycles. The van der Waals surface area contributed by atoms with Crippen LogP contribution in [0.4, 0.5) is 5.69 Å². The molecule has 0 aliphatic carbocycles. The zero-order chi connectivity index (χ0) is 13.0. The third kappa shape index (κ3) is 3.00. The lowest BCUT2D eigenvalue weighted by Crippen LogP contribution is -2.05. The number of ether oxygens (including phenoxy) is 1. The topological polar surface area (TPSA) is 34.2 Å². The van der Waals surface area contributed by atoms with Crippen molar-refractivity contribution in [2.45, 2.75) is 20.0 Å². The first-order chi connectivity index (χ1) is 8.69. The van der Waals surface area contributed by atoms with Crippen LogP contribution in [-0.2, 0) is 0 Å². The van der Waals surface area contributed by atoms with Gasteiger partial charge in [-0.3, -0.25) is 4.98 Å². The summed E-state index contributed by atoms with van der Waals surface area (Å²) in [6.45, 7) is 4.02. The number of rotatable bonds is 4. The fourth-order valence-corrected chi connectivity index (χ4v) is 1.77. The maximum absolute atomic E-state index is 5.65. The molecule has 1 aromatic heterocycles.